The van der Waals surface area contributed by atoms with Crippen molar-refractivity contribution in [3.8, 4) is 0 Å². The maximum atomic E-state index is 13.6. The number of hydrogen-bond donors (Lipinski definition) is 1. The standard InChI is InChI=1S/C26H26N4O10/c1-13-21(27-23(32)25(3)19(39-25)15-5-9-17(10-6-15)29(34)35)38-22(14(2)31)28(13)24(33)26(4)20(40-26)16-7-11-18(12-8-16)30(36)37/h5-13,19-22H,1-4H3,(H,27,32)/t13-,19+,20+,21-,22-,25-,26-/m0/s1. The molecule has 14 heteroatoms. The summed E-state index contributed by atoms with van der Waals surface area (Å²) in [6.07, 6.45) is -3.64. The lowest BCUT2D eigenvalue weighted by atomic mass is 9.98. The van der Waals surface area contributed by atoms with Crippen LogP contribution in [0.3, 0.4) is 0 Å². The van der Waals surface area contributed by atoms with Crippen molar-refractivity contribution < 1.29 is 38.4 Å². The maximum absolute atomic E-state index is 13.6. The smallest absolute Gasteiger partial charge is 0.269 e. The largest absolute Gasteiger partial charge is 0.351 e. The van der Waals surface area contributed by atoms with E-state index in [0.717, 1.165) is 0 Å². The van der Waals surface area contributed by atoms with E-state index in [-0.39, 0.29) is 11.4 Å². The summed E-state index contributed by atoms with van der Waals surface area (Å²) in [6.45, 7) is 6.02. The van der Waals surface area contributed by atoms with Crippen molar-refractivity contribution in [3.63, 3.8) is 0 Å². The summed E-state index contributed by atoms with van der Waals surface area (Å²) in [5.74, 6) is -1.52. The van der Waals surface area contributed by atoms with E-state index in [1.54, 1.807) is 20.8 Å². The summed E-state index contributed by atoms with van der Waals surface area (Å²) >= 11 is 0. The normalized spacial score (nSPS) is 32.3. The average Bonchev–Trinajstić information content (AvgIpc) is 3.78. The van der Waals surface area contributed by atoms with E-state index in [1.165, 1.54) is 60.4 Å². The summed E-state index contributed by atoms with van der Waals surface area (Å²) < 4.78 is 17.2. The number of ketones is 1. The Labute approximate surface area is 227 Å². The van der Waals surface area contributed by atoms with Crippen LogP contribution < -0.4 is 5.32 Å². The zero-order valence-electron chi connectivity index (χ0n) is 21.9. The number of non-ortho nitro benzene ring substituents is 2. The van der Waals surface area contributed by atoms with Gasteiger partial charge in [-0.1, -0.05) is 0 Å². The molecule has 7 atom stereocenters. The van der Waals surface area contributed by atoms with Crippen LogP contribution in [0.1, 0.15) is 51.0 Å². The minimum atomic E-state index is -1.34. The first-order valence-corrected chi connectivity index (χ1v) is 12.4. The van der Waals surface area contributed by atoms with Gasteiger partial charge in [0.05, 0.1) is 15.9 Å². The Morgan fingerprint density at radius 3 is 1.75 bits per heavy atom. The van der Waals surface area contributed by atoms with Gasteiger partial charge in [0.15, 0.2) is 29.4 Å². The fourth-order valence-electron chi connectivity index (χ4n) is 5.01. The van der Waals surface area contributed by atoms with Gasteiger partial charge in [-0.2, -0.15) is 0 Å². The van der Waals surface area contributed by atoms with Crippen molar-refractivity contribution >= 4 is 29.0 Å². The van der Waals surface area contributed by atoms with Gasteiger partial charge in [-0.25, -0.2) is 0 Å². The lowest BCUT2D eigenvalue weighted by Crippen LogP contribution is -2.52. The molecule has 3 aliphatic rings. The number of Topliss-reactive ketones (excluding diaryl/α,β-unsaturated/α-hetero) is 1. The molecule has 210 valence electrons. The van der Waals surface area contributed by atoms with Gasteiger partial charge in [-0.3, -0.25) is 34.6 Å². The molecule has 0 bridgehead atoms. The van der Waals surface area contributed by atoms with Crippen molar-refractivity contribution in [2.24, 2.45) is 0 Å². The van der Waals surface area contributed by atoms with Crippen LogP contribution in [0.25, 0.3) is 0 Å². The molecule has 0 radical (unpaired) electrons. The molecule has 2 aromatic rings. The molecular formula is C26H26N4O10. The molecule has 3 heterocycles. The third kappa shape index (κ3) is 4.49. The van der Waals surface area contributed by atoms with Gasteiger partial charge in [-0.15, -0.1) is 0 Å². The van der Waals surface area contributed by atoms with Crippen LogP contribution in [0.15, 0.2) is 48.5 Å². The number of nitro benzene ring substituents is 2. The molecule has 0 aliphatic carbocycles. The average molecular weight is 555 g/mol. The fraction of sp³-hybridized carbons (Fsp3) is 0.423. The van der Waals surface area contributed by atoms with Crippen LogP contribution in [-0.2, 0) is 28.6 Å². The molecule has 40 heavy (non-hydrogen) atoms. The highest BCUT2D eigenvalue weighted by Gasteiger charge is 2.64. The van der Waals surface area contributed by atoms with Crippen LogP contribution in [0, 0.1) is 20.2 Å². The predicted octanol–water partition coefficient (Wildman–Crippen LogP) is 2.47. The van der Waals surface area contributed by atoms with E-state index < -0.39 is 69.4 Å². The minimum Gasteiger partial charge on any atom is -0.351 e. The van der Waals surface area contributed by atoms with Gasteiger partial charge in [0.2, 0.25) is 0 Å². The Hall–Kier alpha value is -4.27. The zero-order valence-corrected chi connectivity index (χ0v) is 21.9. The number of amides is 2. The molecule has 2 aromatic carbocycles. The number of nitrogens with one attached hydrogen (secondary N) is 1. The highest BCUT2D eigenvalue weighted by atomic mass is 16.6. The number of carbonyl (C=O) groups excluding carboxylic acids is 3. The second-order valence-electron chi connectivity index (χ2n) is 10.4. The molecule has 5 rings (SSSR count). The third-order valence-electron chi connectivity index (χ3n) is 7.56. The van der Waals surface area contributed by atoms with E-state index in [9.17, 15) is 34.6 Å². The van der Waals surface area contributed by atoms with Crippen LogP contribution >= 0.6 is 0 Å². The Bertz CT molecular complexity index is 1410. The first kappa shape index (κ1) is 27.3. The Morgan fingerprint density at radius 1 is 0.850 bits per heavy atom. The first-order chi connectivity index (χ1) is 18.8. The Balaban J connectivity index is 1.28. The molecular weight excluding hydrogens is 528 g/mol. The van der Waals surface area contributed by atoms with Crippen molar-refractivity contribution in [2.75, 3.05) is 0 Å². The monoisotopic (exact) mass is 554 g/mol. The van der Waals surface area contributed by atoms with Crippen LogP contribution in [-0.4, -0.2) is 62.0 Å². The fourth-order valence-corrected chi connectivity index (χ4v) is 5.01. The number of ether oxygens (including phenoxy) is 3. The molecule has 3 saturated heterocycles. The zero-order chi connectivity index (χ0) is 29.1. The number of rotatable bonds is 8. The van der Waals surface area contributed by atoms with Gasteiger partial charge in [-0.05, 0) is 63.1 Å². The second kappa shape index (κ2) is 9.43. The molecule has 14 nitrogen and oxygen atoms in total. The van der Waals surface area contributed by atoms with Crippen molar-refractivity contribution in [1.29, 1.82) is 0 Å². The van der Waals surface area contributed by atoms with E-state index in [4.69, 9.17) is 14.2 Å². The van der Waals surface area contributed by atoms with Gasteiger partial charge >= 0.3 is 0 Å². The van der Waals surface area contributed by atoms with Crippen LogP contribution in [0.4, 0.5) is 11.4 Å². The number of hydrogen-bond acceptors (Lipinski definition) is 10. The lowest BCUT2D eigenvalue weighted by molar-refractivity contribution is -0.385. The van der Waals surface area contributed by atoms with Gasteiger partial charge < -0.3 is 24.4 Å². The van der Waals surface area contributed by atoms with E-state index in [2.05, 4.69) is 5.32 Å². The summed E-state index contributed by atoms with van der Waals surface area (Å²) in [7, 11) is 0. The number of nitro groups is 2. The Morgan fingerprint density at radius 2 is 1.30 bits per heavy atom. The summed E-state index contributed by atoms with van der Waals surface area (Å²) in [5.41, 5.74) is -1.67. The van der Waals surface area contributed by atoms with E-state index in [1.807, 2.05) is 0 Å². The molecule has 0 spiro atoms. The van der Waals surface area contributed by atoms with Crippen molar-refractivity contribution in [3.05, 3.63) is 79.9 Å². The second-order valence-corrected chi connectivity index (χ2v) is 10.4. The molecule has 1 N–H and O–H groups in total. The Kier molecular flexibility index (Phi) is 6.44. The van der Waals surface area contributed by atoms with Gasteiger partial charge in [0.25, 0.3) is 23.2 Å². The maximum Gasteiger partial charge on any atom is 0.269 e. The highest BCUT2D eigenvalue weighted by molar-refractivity contribution is 5.94. The minimum absolute atomic E-state index is 0.0899. The summed E-state index contributed by atoms with van der Waals surface area (Å²) in [6, 6.07) is 10.6. The number of carbonyl (C=O) groups is 3. The quantitative estimate of drug-likeness (QED) is 0.288. The van der Waals surface area contributed by atoms with Crippen LogP contribution in [0.5, 0.6) is 0 Å². The molecule has 3 fully saturated rings. The van der Waals surface area contributed by atoms with Crippen LogP contribution in [0.2, 0.25) is 0 Å². The SMILES string of the molecule is CC(=O)[C@@H]1O[C@H](NC(=O)[C@@]2(C)O[C@@H]2c2ccc([N+](=O)[O-])cc2)[C@H](C)N1C(=O)[C@@]1(C)O[C@@H]1c1ccc([N+](=O)[O-])cc1. The topological polar surface area (TPSA) is 187 Å². The van der Waals surface area contributed by atoms with Gasteiger partial charge in [0.1, 0.15) is 12.2 Å². The predicted molar refractivity (Wildman–Crippen MR) is 134 cm³/mol. The highest BCUT2D eigenvalue weighted by Crippen LogP contribution is 2.52. The van der Waals surface area contributed by atoms with E-state index in [0.29, 0.717) is 11.1 Å². The molecule has 2 amide bonds. The number of benzene rings is 2. The third-order valence-corrected chi connectivity index (χ3v) is 7.56. The molecule has 0 unspecified atom stereocenters. The summed E-state index contributed by atoms with van der Waals surface area (Å²) in [4.78, 5) is 61.3. The van der Waals surface area contributed by atoms with Gasteiger partial charge in [0, 0.05) is 24.3 Å². The van der Waals surface area contributed by atoms with E-state index >= 15 is 0 Å². The first-order valence-electron chi connectivity index (χ1n) is 12.4. The van der Waals surface area contributed by atoms with Crippen molar-refractivity contribution in [1.82, 2.24) is 10.2 Å². The summed E-state index contributed by atoms with van der Waals surface area (Å²) in [5, 5.41) is 24.6. The lowest BCUT2D eigenvalue weighted by Gasteiger charge is -2.27. The molecule has 3 aliphatic heterocycles. The number of epoxide rings is 2. The number of nitrogens with zero attached hydrogens (tertiary/aromatic N) is 3. The molecule has 0 saturated carbocycles. The van der Waals surface area contributed by atoms with Crippen molar-refractivity contribution in [2.45, 2.75) is 69.6 Å². The molecule has 0 aromatic heterocycles.